The molecule has 0 amide bonds. The molecule has 1 N–H and O–H groups in total. The van der Waals surface area contributed by atoms with Crippen LogP contribution in [-0.2, 0) is 6.42 Å². The predicted octanol–water partition coefficient (Wildman–Crippen LogP) is 3.09. The van der Waals surface area contributed by atoms with Gasteiger partial charge in [-0.15, -0.1) is 0 Å². The summed E-state index contributed by atoms with van der Waals surface area (Å²) in [5.74, 6) is 0. The maximum atomic E-state index is 6.05. The van der Waals surface area contributed by atoms with Gasteiger partial charge in [-0.2, -0.15) is 0 Å². The zero-order valence-corrected chi connectivity index (χ0v) is 7.86. The average Bonchev–Trinajstić information content (AvgIpc) is 2.49. The van der Waals surface area contributed by atoms with Crippen molar-refractivity contribution in [2.24, 2.45) is 0 Å². The van der Waals surface area contributed by atoms with E-state index in [9.17, 15) is 0 Å². The van der Waals surface area contributed by atoms with E-state index in [2.05, 4.69) is 18.3 Å². The number of rotatable bonds is 1. The fourth-order valence-electron chi connectivity index (χ4n) is 1.67. The van der Waals surface area contributed by atoms with Crippen molar-refractivity contribution < 1.29 is 0 Å². The van der Waals surface area contributed by atoms with Gasteiger partial charge in [0.25, 0.3) is 0 Å². The van der Waals surface area contributed by atoms with Crippen molar-refractivity contribution in [1.29, 1.82) is 0 Å². The van der Waals surface area contributed by atoms with Gasteiger partial charge in [0.2, 0.25) is 0 Å². The fraction of sp³-hybridized carbons (Fsp3) is 0.400. The lowest BCUT2D eigenvalue weighted by Crippen LogP contribution is -2.12. The lowest BCUT2D eigenvalue weighted by molar-refractivity contribution is 0.723. The first-order valence-corrected chi connectivity index (χ1v) is 4.73. The normalized spacial score (nSPS) is 20.3. The summed E-state index contributed by atoms with van der Waals surface area (Å²) in [6.07, 6.45) is 2.23. The highest BCUT2D eigenvalue weighted by molar-refractivity contribution is 6.31. The van der Waals surface area contributed by atoms with Crippen LogP contribution in [0.25, 0.3) is 0 Å². The minimum Gasteiger partial charge on any atom is -0.382 e. The molecule has 0 fully saturated rings. The molecule has 2 heteroatoms. The van der Waals surface area contributed by atoms with Crippen LogP contribution in [0.15, 0.2) is 18.2 Å². The molecule has 0 aliphatic carbocycles. The van der Waals surface area contributed by atoms with E-state index in [-0.39, 0.29) is 0 Å². The molecule has 1 nitrogen and oxygen atoms in total. The van der Waals surface area contributed by atoms with E-state index in [0.29, 0.717) is 6.04 Å². The van der Waals surface area contributed by atoms with Crippen molar-refractivity contribution >= 4 is 17.3 Å². The number of hydrogen-bond donors (Lipinski definition) is 1. The summed E-state index contributed by atoms with van der Waals surface area (Å²) < 4.78 is 0. The van der Waals surface area contributed by atoms with Gasteiger partial charge in [0.05, 0.1) is 0 Å². The summed E-state index contributed by atoms with van der Waals surface area (Å²) in [5, 5.41) is 4.34. The van der Waals surface area contributed by atoms with Crippen LogP contribution in [0.4, 0.5) is 5.69 Å². The van der Waals surface area contributed by atoms with Gasteiger partial charge < -0.3 is 5.32 Å². The number of halogens is 1. The van der Waals surface area contributed by atoms with Crippen LogP contribution in [0.5, 0.6) is 0 Å². The van der Waals surface area contributed by atoms with Crippen molar-refractivity contribution in [3.63, 3.8) is 0 Å². The highest BCUT2D eigenvalue weighted by Gasteiger charge is 2.20. The van der Waals surface area contributed by atoms with Crippen LogP contribution in [0.3, 0.4) is 0 Å². The third kappa shape index (κ3) is 1.18. The number of fused-ring (bicyclic) bond motifs is 1. The Kier molecular flexibility index (Phi) is 1.97. The first-order valence-electron chi connectivity index (χ1n) is 4.35. The lowest BCUT2D eigenvalue weighted by Gasteiger charge is -2.05. The maximum absolute atomic E-state index is 6.05. The Hall–Kier alpha value is -0.690. The molecule has 1 unspecified atom stereocenters. The zero-order valence-electron chi connectivity index (χ0n) is 7.10. The van der Waals surface area contributed by atoms with Gasteiger partial charge in [-0.1, -0.05) is 24.6 Å². The molecular formula is C10H12ClN. The Labute approximate surface area is 77.7 Å². The minimum atomic E-state index is 0.583. The molecule has 0 spiro atoms. The summed E-state index contributed by atoms with van der Waals surface area (Å²) in [5.41, 5.74) is 2.50. The Morgan fingerprint density at radius 2 is 2.42 bits per heavy atom. The van der Waals surface area contributed by atoms with Crippen LogP contribution < -0.4 is 5.32 Å². The first-order chi connectivity index (χ1) is 5.81. The van der Waals surface area contributed by atoms with E-state index in [0.717, 1.165) is 17.9 Å². The van der Waals surface area contributed by atoms with Crippen LogP contribution in [0.1, 0.15) is 18.9 Å². The molecule has 0 saturated heterocycles. The van der Waals surface area contributed by atoms with E-state index in [4.69, 9.17) is 11.6 Å². The summed E-state index contributed by atoms with van der Waals surface area (Å²) in [7, 11) is 0. The molecule has 64 valence electrons. The largest absolute Gasteiger partial charge is 0.382 e. The van der Waals surface area contributed by atoms with Crippen molar-refractivity contribution in [2.75, 3.05) is 5.32 Å². The van der Waals surface area contributed by atoms with E-state index < -0.39 is 0 Å². The van der Waals surface area contributed by atoms with E-state index in [1.165, 1.54) is 11.3 Å². The Bertz CT molecular complexity index is 296. The molecule has 1 aromatic rings. The molecule has 1 aromatic carbocycles. The summed E-state index contributed by atoms with van der Waals surface area (Å²) in [6.45, 7) is 2.19. The van der Waals surface area contributed by atoms with Gasteiger partial charge in [-0.25, -0.2) is 0 Å². The summed E-state index contributed by atoms with van der Waals surface area (Å²) in [4.78, 5) is 0. The second kappa shape index (κ2) is 2.98. The molecular weight excluding hydrogens is 170 g/mol. The van der Waals surface area contributed by atoms with Crippen LogP contribution in [-0.4, -0.2) is 6.04 Å². The molecule has 0 aromatic heterocycles. The number of hydrogen-bond acceptors (Lipinski definition) is 1. The van der Waals surface area contributed by atoms with Gasteiger partial charge in [-0.05, 0) is 30.5 Å². The third-order valence-electron chi connectivity index (χ3n) is 2.42. The van der Waals surface area contributed by atoms with Crippen molar-refractivity contribution in [1.82, 2.24) is 0 Å². The monoisotopic (exact) mass is 181 g/mol. The standard InChI is InChI=1S/C10H12ClN/c1-2-7-6-8-9(11)4-3-5-10(8)12-7/h3-5,7,12H,2,6H2,1H3. The summed E-state index contributed by atoms with van der Waals surface area (Å²) >= 11 is 6.05. The molecule has 1 aliphatic heterocycles. The fourth-order valence-corrected chi connectivity index (χ4v) is 1.92. The molecule has 1 heterocycles. The quantitative estimate of drug-likeness (QED) is 0.702. The topological polar surface area (TPSA) is 12.0 Å². The molecule has 12 heavy (non-hydrogen) atoms. The highest BCUT2D eigenvalue weighted by Crippen LogP contribution is 2.32. The second-order valence-corrected chi connectivity index (χ2v) is 3.63. The van der Waals surface area contributed by atoms with Gasteiger partial charge in [0.1, 0.15) is 0 Å². The highest BCUT2D eigenvalue weighted by atomic mass is 35.5. The van der Waals surface area contributed by atoms with Gasteiger partial charge in [0, 0.05) is 16.8 Å². The molecule has 1 aliphatic rings. The van der Waals surface area contributed by atoms with Crippen molar-refractivity contribution in [3.05, 3.63) is 28.8 Å². The molecule has 0 bridgehead atoms. The number of anilines is 1. The van der Waals surface area contributed by atoms with Crippen molar-refractivity contribution in [3.8, 4) is 0 Å². The smallest absolute Gasteiger partial charge is 0.0459 e. The zero-order chi connectivity index (χ0) is 8.55. The van der Waals surface area contributed by atoms with Crippen molar-refractivity contribution in [2.45, 2.75) is 25.8 Å². The van der Waals surface area contributed by atoms with E-state index in [1.54, 1.807) is 0 Å². The van der Waals surface area contributed by atoms with E-state index in [1.807, 2.05) is 12.1 Å². The maximum Gasteiger partial charge on any atom is 0.0459 e. The lowest BCUT2D eigenvalue weighted by atomic mass is 10.1. The molecule has 1 atom stereocenters. The average molecular weight is 182 g/mol. The molecule has 0 radical (unpaired) electrons. The SMILES string of the molecule is CCC1Cc2c(Cl)cccc2N1. The van der Waals surface area contributed by atoms with Gasteiger partial charge >= 0.3 is 0 Å². The molecule has 0 saturated carbocycles. The molecule has 2 rings (SSSR count). The Morgan fingerprint density at radius 1 is 1.58 bits per heavy atom. The first kappa shape index (κ1) is 7.93. The number of benzene rings is 1. The predicted molar refractivity (Wildman–Crippen MR) is 52.9 cm³/mol. The van der Waals surface area contributed by atoms with Crippen LogP contribution in [0, 0.1) is 0 Å². The Morgan fingerprint density at radius 3 is 3.08 bits per heavy atom. The van der Waals surface area contributed by atoms with Gasteiger partial charge in [0.15, 0.2) is 0 Å². The van der Waals surface area contributed by atoms with Crippen LogP contribution >= 0.6 is 11.6 Å². The number of nitrogens with one attached hydrogen (secondary N) is 1. The minimum absolute atomic E-state index is 0.583. The third-order valence-corrected chi connectivity index (χ3v) is 2.78. The Balaban J connectivity index is 2.35. The van der Waals surface area contributed by atoms with Gasteiger partial charge in [-0.3, -0.25) is 0 Å². The second-order valence-electron chi connectivity index (χ2n) is 3.22. The van der Waals surface area contributed by atoms with Crippen LogP contribution in [0.2, 0.25) is 5.02 Å². The summed E-state index contributed by atoms with van der Waals surface area (Å²) in [6, 6.07) is 6.63. The van der Waals surface area contributed by atoms with E-state index >= 15 is 0 Å².